The van der Waals surface area contributed by atoms with E-state index >= 15 is 0 Å². The van der Waals surface area contributed by atoms with Crippen LogP contribution in [0.25, 0.3) is 0 Å². The average molecular weight is 370 g/mol. The number of alkyl halides is 1. The fourth-order valence-electron chi connectivity index (χ4n) is 2.82. The molecule has 1 unspecified atom stereocenters. The highest BCUT2D eigenvalue weighted by Crippen LogP contribution is 2.19. The number of amides is 2. The Kier molecular flexibility index (Phi) is 6.04. The first kappa shape index (κ1) is 20.6. The summed E-state index contributed by atoms with van der Waals surface area (Å²) in [6.45, 7) is 10.8. The minimum atomic E-state index is -1.10. The number of nitrogens with zero attached hydrogens (tertiary/aromatic N) is 1. The van der Waals surface area contributed by atoms with Crippen molar-refractivity contribution in [2.45, 2.75) is 53.3 Å². The topological polar surface area (TPSA) is 49.4 Å². The molecule has 0 aliphatic rings. The summed E-state index contributed by atoms with van der Waals surface area (Å²) in [7, 11) is 0. The first-order chi connectivity index (χ1) is 12.5. The van der Waals surface area contributed by atoms with Crippen molar-refractivity contribution in [3.8, 4) is 0 Å². The Bertz CT molecular complexity index is 816. The van der Waals surface area contributed by atoms with Crippen LogP contribution in [0.1, 0.15) is 71.3 Å². The van der Waals surface area contributed by atoms with Gasteiger partial charge >= 0.3 is 0 Å². The number of aryl methyl sites for hydroxylation is 2. The zero-order chi connectivity index (χ0) is 20.4. The fraction of sp³-hybridized carbons (Fsp3) is 0.364. The molecule has 0 radical (unpaired) electrons. The molecule has 2 aromatic carbocycles. The van der Waals surface area contributed by atoms with Gasteiger partial charge in [-0.15, -0.1) is 0 Å². The van der Waals surface area contributed by atoms with Gasteiger partial charge in [-0.25, -0.2) is 9.40 Å². The van der Waals surface area contributed by atoms with Gasteiger partial charge in [-0.2, -0.15) is 0 Å². The summed E-state index contributed by atoms with van der Waals surface area (Å²) >= 11 is 0. The lowest BCUT2D eigenvalue weighted by Gasteiger charge is -2.35. The molecule has 27 heavy (non-hydrogen) atoms. The summed E-state index contributed by atoms with van der Waals surface area (Å²) in [5.41, 5.74) is 5.43. The van der Waals surface area contributed by atoms with Crippen molar-refractivity contribution in [3.05, 3.63) is 70.3 Å². The summed E-state index contributed by atoms with van der Waals surface area (Å²) in [6.07, 6.45) is -1.10. The van der Waals surface area contributed by atoms with Crippen LogP contribution >= 0.6 is 0 Å². The number of nitrogens with one attached hydrogen (secondary N) is 1. The van der Waals surface area contributed by atoms with Crippen LogP contribution in [0.3, 0.4) is 0 Å². The van der Waals surface area contributed by atoms with Gasteiger partial charge in [0.25, 0.3) is 11.8 Å². The number of halogens is 1. The van der Waals surface area contributed by atoms with Gasteiger partial charge < -0.3 is 0 Å². The van der Waals surface area contributed by atoms with E-state index in [-0.39, 0.29) is 5.91 Å². The number of hydrogen-bond donors (Lipinski definition) is 1. The van der Waals surface area contributed by atoms with Crippen molar-refractivity contribution in [2.75, 3.05) is 0 Å². The van der Waals surface area contributed by atoms with Gasteiger partial charge in [-0.1, -0.05) is 29.3 Å². The van der Waals surface area contributed by atoms with Crippen molar-refractivity contribution in [2.24, 2.45) is 0 Å². The van der Waals surface area contributed by atoms with E-state index in [2.05, 4.69) is 5.43 Å². The largest absolute Gasteiger partial charge is 0.272 e. The fourth-order valence-corrected chi connectivity index (χ4v) is 2.82. The van der Waals surface area contributed by atoms with Gasteiger partial charge in [0, 0.05) is 11.1 Å². The van der Waals surface area contributed by atoms with Crippen LogP contribution in [-0.2, 0) is 0 Å². The van der Waals surface area contributed by atoms with Gasteiger partial charge in [-0.05, 0) is 71.4 Å². The number of hydrogen-bond acceptors (Lipinski definition) is 2. The Morgan fingerprint density at radius 1 is 0.963 bits per heavy atom. The monoisotopic (exact) mass is 370 g/mol. The Morgan fingerprint density at radius 2 is 1.48 bits per heavy atom. The molecule has 0 bridgehead atoms. The van der Waals surface area contributed by atoms with Crippen LogP contribution in [0.15, 0.2) is 42.5 Å². The maximum absolute atomic E-state index is 13.3. The van der Waals surface area contributed by atoms with E-state index in [9.17, 15) is 14.0 Å². The minimum Gasteiger partial charge on any atom is -0.267 e. The second-order valence-electron chi connectivity index (χ2n) is 7.87. The van der Waals surface area contributed by atoms with Crippen LogP contribution in [0.4, 0.5) is 4.39 Å². The second-order valence-corrected chi connectivity index (χ2v) is 7.87. The molecule has 0 saturated heterocycles. The third-order valence-electron chi connectivity index (χ3n) is 4.19. The van der Waals surface area contributed by atoms with Crippen molar-refractivity contribution >= 4 is 11.8 Å². The molecule has 0 aliphatic carbocycles. The zero-order valence-electron chi connectivity index (χ0n) is 16.8. The van der Waals surface area contributed by atoms with E-state index in [1.54, 1.807) is 36.4 Å². The van der Waals surface area contributed by atoms with E-state index in [1.807, 2.05) is 40.7 Å². The van der Waals surface area contributed by atoms with Crippen LogP contribution < -0.4 is 5.43 Å². The van der Waals surface area contributed by atoms with E-state index in [1.165, 1.54) is 11.9 Å². The zero-order valence-corrected chi connectivity index (χ0v) is 16.8. The summed E-state index contributed by atoms with van der Waals surface area (Å²) in [5, 5.41) is 1.34. The number of carbonyl (C=O) groups excluding carboxylic acids is 2. The van der Waals surface area contributed by atoms with Crippen molar-refractivity contribution in [1.29, 1.82) is 0 Å². The predicted molar refractivity (Wildman–Crippen MR) is 105 cm³/mol. The molecule has 0 saturated carbocycles. The third-order valence-corrected chi connectivity index (χ3v) is 4.19. The van der Waals surface area contributed by atoms with Crippen LogP contribution in [0.2, 0.25) is 0 Å². The molecular formula is C22H27FN2O2. The van der Waals surface area contributed by atoms with E-state index in [0.29, 0.717) is 16.7 Å². The molecule has 1 N–H and O–H groups in total. The summed E-state index contributed by atoms with van der Waals surface area (Å²) in [4.78, 5) is 25.7. The first-order valence-electron chi connectivity index (χ1n) is 8.97. The molecule has 2 amide bonds. The number of benzene rings is 2. The van der Waals surface area contributed by atoms with E-state index < -0.39 is 17.6 Å². The molecule has 0 aromatic heterocycles. The molecule has 2 aromatic rings. The highest BCUT2D eigenvalue weighted by Gasteiger charge is 2.29. The Hall–Kier alpha value is -2.69. The van der Waals surface area contributed by atoms with Crippen LogP contribution in [-0.4, -0.2) is 22.4 Å². The second kappa shape index (κ2) is 7.91. The van der Waals surface area contributed by atoms with Crippen molar-refractivity contribution in [1.82, 2.24) is 10.4 Å². The Labute approximate surface area is 160 Å². The maximum Gasteiger partial charge on any atom is 0.272 e. The summed E-state index contributed by atoms with van der Waals surface area (Å²) in [5.74, 6) is -0.697. The molecule has 144 valence electrons. The molecular weight excluding hydrogens is 343 g/mol. The molecule has 0 fully saturated rings. The van der Waals surface area contributed by atoms with Crippen molar-refractivity contribution in [3.63, 3.8) is 0 Å². The Morgan fingerprint density at radius 3 is 1.93 bits per heavy atom. The van der Waals surface area contributed by atoms with Gasteiger partial charge in [0.1, 0.15) is 6.17 Å². The molecule has 2 rings (SSSR count). The molecule has 1 atom stereocenters. The highest BCUT2D eigenvalue weighted by atomic mass is 19.1. The predicted octanol–water partition coefficient (Wildman–Crippen LogP) is 4.92. The molecule has 5 heteroatoms. The average Bonchev–Trinajstić information content (AvgIpc) is 2.57. The lowest BCUT2D eigenvalue weighted by atomic mass is 10.0. The maximum atomic E-state index is 13.3. The minimum absolute atomic E-state index is 0.281. The van der Waals surface area contributed by atoms with Gasteiger partial charge in [0.15, 0.2) is 0 Å². The quantitative estimate of drug-likeness (QED) is 0.780. The number of hydrazine groups is 1. The number of carbonyl (C=O) groups is 2. The molecule has 4 nitrogen and oxygen atoms in total. The summed E-state index contributed by atoms with van der Waals surface area (Å²) < 4.78 is 13.3. The lowest BCUT2D eigenvalue weighted by Crippen LogP contribution is -2.55. The summed E-state index contributed by atoms with van der Waals surface area (Å²) in [6, 6.07) is 11.9. The molecule has 0 aliphatic heterocycles. The highest BCUT2D eigenvalue weighted by molar-refractivity contribution is 5.99. The smallest absolute Gasteiger partial charge is 0.267 e. The van der Waals surface area contributed by atoms with Gasteiger partial charge in [0.2, 0.25) is 0 Å². The lowest BCUT2D eigenvalue weighted by molar-refractivity contribution is 0.0358. The van der Waals surface area contributed by atoms with Crippen LogP contribution in [0, 0.1) is 13.8 Å². The van der Waals surface area contributed by atoms with E-state index in [0.717, 1.165) is 11.1 Å². The Balaban J connectivity index is 2.28. The van der Waals surface area contributed by atoms with Crippen molar-refractivity contribution < 1.29 is 14.0 Å². The SMILES string of the molecule is Cc1cc(C)cc(C(=O)N(NC(=O)c2ccc(C(C)F)cc2)C(C)(C)C)c1. The van der Waals surface area contributed by atoms with Crippen LogP contribution in [0.5, 0.6) is 0 Å². The third kappa shape index (κ3) is 5.16. The first-order valence-corrected chi connectivity index (χ1v) is 8.97. The molecule has 0 heterocycles. The van der Waals surface area contributed by atoms with Gasteiger partial charge in [-0.3, -0.25) is 15.0 Å². The standard InChI is InChI=1S/C22H27FN2O2/c1-14-11-15(2)13-19(12-14)21(27)25(22(4,5)6)24-20(26)18-9-7-17(8-10-18)16(3)23/h7-13,16H,1-6H3,(H,24,26). The van der Waals surface area contributed by atoms with E-state index in [4.69, 9.17) is 0 Å². The molecule has 0 spiro atoms. The number of rotatable bonds is 3. The van der Waals surface area contributed by atoms with Gasteiger partial charge in [0.05, 0.1) is 5.54 Å². The normalized spacial score (nSPS) is 12.4.